The van der Waals surface area contributed by atoms with E-state index < -0.39 is 12.1 Å². The quantitative estimate of drug-likeness (QED) is 0.745. The fourth-order valence-electron chi connectivity index (χ4n) is 1.28. The Morgan fingerprint density at radius 3 is 3.07 bits per heavy atom. The molecule has 1 aliphatic rings. The van der Waals surface area contributed by atoms with E-state index in [1.807, 2.05) is 0 Å². The van der Waals surface area contributed by atoms with Crippen molar-refractivity contribution in [2.24, 2.45) is 0 Å². The smallest absolute Gasteiger partial charge is 0.358 e. The summed E-state index contributed by atoms with van der Waals surface area (Å²) >= 11 is 0. The maximum atomic E-state index is 10.7. The summed E-state index contributed by atoms with van der Waals surface area (Å²) in [5.41, 5.74) is -0.111. The zero-order valence-corrected chi connectivity index (χ0v) is 7.30. The van der Waals surface area contributed by atoms with Gasteiger partial charge in [-0.1, -0.05) is 0 Å². The third-order valence-electron chi connectivity index (χ3n) is 1.91. The van der Waals surface area contributed by atoms with Crippen molar-refractivity contribution in [1.29, 1.82) is 0 Å². The summed E-state index contributed by atoms with van der Waals surface area (Å²) in [6, 6.07) is 0. The summed E-state index contributed by atoms with van der Waals surface area (Å²) in [5, 5.41) is 8.77. The lowest BCUT2D eigenvalue weighted by Crippen LogP contribution is -2.23. The van der Waals surface area contributed by atoms with Crippen LogP contribution in [0.3, 0.4) is 0 Å². The Hall–Kier alpha value is -1.40. The second kappa shape index (κ2) is 3.77. The van der Waals surface area contributed by atoms with E-state index in [4.69, 9.17) is 19.0 Å². The highest BCUT2D eigenvalue weighted by Crippen LogP contribution is 2.23. The minimum Gasteiger partial charge on any atom is -0.476 e. The highest BCUT2D eigenvalue weighted by Gasteiger charge is 2.26. The van der Waals surface area contributed by atoms with Crippen molar-refractivity contribution in [3.05, 3.63) is 17.8 Å². The number of carbonyl (C=O) groups is 1. The van der Waals surface area contributed by atoms with Crippen molar-refractivity contribution in [3.8, 4) is 0 Å². The van der Waals surface area contributed by atoms with Crippen LogP contribution in [-0.2, 0) is 9.47 Å². The molecule has 1 aromatic heterocycles. The van der Waals surface area contributed by atoms with Gasteiger partial charge < -0.3 is 19.0 Å². The van der Waals surface area contributed by atoms with Gasteiger partial charge in [0, 0.05) is 0 Å². The maximum absolute atomic E-state index is 10.7. The van der Waals surface area contributed by atoms with Gasteiger partial charge in [-0.25, -0.2) is 9.78 Å². The average molecular weight is 199 g/mol. The topological polar surface area (TPSA) is 81.8 Å². The molecule has 14 heavy (non-hydrogen) atoms. The third kappa shape index (κ3) is 1.61. The van der Waals surface area contributed by atoms with Gasteiger partial charge >= 0.3 is 5.97 Å². The lowest BCUT2D eigenvalue weighted by molar-refractivity contribution is -0.0978. The second-order valence-electron chi connectivity index (χ2n) is 2.80. The van der Waals surface area contributed by atoms with Gasteiger partial charge in [0.25, 0.3) is 0 Å². The van der Waals surface area contributed by atoms with Gasteiger partial charge in [0.15, 0.2) is 17.8 Å². The number of oxazole rings is 1. The standard InChI is InChI=1S/C8H9NO5/c10-8(11)6-7(14-4-9-6)5-3-12-1-2-13-5/h4-5H,1-3H2,(H,10,11). The van der Waals surface area contributed by atoms with Crippen LogP contribution in [0.1, 0.15) is 22.4 Å². The van der Waals surface area contributed by atoms with Crippen molar-refractivity contribution >= 4 is 5.97 Å². The number of nitrogens with zero attached hydrogens (tertiary/aromatic N) is 1. The molecule has 2 heterocycles. The Bertz CT molecular complexity index is 328. The molecule has 0 saturated carbocycles. The number of hydrogen-bond donors (Lipinski definition) is 1. The molecule has 0 bridgehead atoms. The first kappa shape index (κ1) is 9.17. The predicted molar refractivity (Wildman–Crippen MR) is 43.0 cm³/mol. The minimum atomic E-state index is -1.12. The molecule has 0 aromatic carbocycles. The Morgan fingerprint density at radius 2 is 2.43 bits per heavy atom. The van der Waals surface area contributed by atoms with Crippen LogP contribution in [0.4, 0.5) is 0 Å². The molecule has 1 N–H and O–H groups in total. The van der Waals surface area contributed by atoms with Gasteiger partial charge in [0.05, 0.1) is 19.8 Å². The lowest BCUT2D eigenvalue weighted by Gasteiger charge is -2.20. The SMILES string of the molecule is O=C(O)c1ncoc1C1COCCO1. The highest BCUT2D eigenvalue weighted by molar-refractivity contribution is 5.86. The van der Waals surface area contributed by atoms with E-state index in [2.05, 4.69) is 4.98 Å². The van der Waals surface area contributed by atoms with Crippen molar-refractivity contribution in [3.63, 3.8) is 0 Å². The fraction of sp³-hybridized carbons (Fsp3) is 0.500. The van der Waals surface area contributed by atoms with Crippen molar-refractivity contribution in [2.45, 2.75) is 6.10 Å². The van der Waals surface area contributed by atoms with Crippen LogP contribution >= 0.6 is 0 Å². The first-order valence-electron chi connectivity index (χ1n) is 4.15. The van der Waals surface area contributed by atoms with Crippen LogP contribution in [-0.4, -0.2) is 35.9 Å². The molecule has 76 valence electrons. The third-order valence-corrected chi connectivity index (χ3v) is 1.91. The van der Waals surface area contributed by atoms with E-state index in [1.165, 1.54) is 0 Å². The maximum Gasteiger partial charge on any atom is 0.358 e. The molecular formula is C8H9NO5. The van der Waals surface area contributed by atoms with E-state index in [1.54, 1.807) is 0 Å². The van der Waals surface area contributed by atoms with Gasteiger partial charge in [0.2, 0.25) is 0 Å². The first-order chi connectivity index (χ1) is 6.79. The predicted octanol–water partition coefficient (Wildman–Crippen LogP) is 0.461. The molecule has 1 saturated heterocycles. The number of aromatic carboxylic acids is 1. The minimum absolute atomic E-state index is 0.111. The summed E-state index contributed by atoms with van der Waals surface area (Å²) in [6.45, 7) is 1.26. The molecule has 1 atom stereocenters. The Morgan fingerprint density at radius 1 is 1.57 bits per heavy atom. The number of carboxylic acids is 1. The molecule has 2 rings (SSSR count). The van der Waals surface area contributed by atoms with E-state index in [0.717, 1.165) is 6.39 Å². The molecular weight excluding hydrogens is 190 g/mol. The molecule has 0 amide bonds. The van der Waals surface area contributed by atoms with Crippen LogP contribution in [0, 0.1) is 0 Å². The summed E-state index contributed by atoms with van der Waals surface area (Å²) in [6.07, 6.45) is 0.633. The Balaban J connectivity index is 2.21. The number of aromatic nitrogens is 1. The van der Waals surface area contributed by atoms with Gasteiger partial charge in [-0.2, -0.15) is 0 Å². The number of carboxylic acid groups (broad SMARTS) is 1. The van der Waals surface area contributed by atoms with Crippen LogP contribution in [0.2, 0.25) is 0 Å². The normalized spacial score (nSPS) is 22.1. The largest absolute Gasteiger partial charge is 0.476 e. The first-order valence-corrected chi connectivity index (χ1v) is 4.15. The van der Waals surface area contributed by atoms with Gasteiger partial charge in [0.1, 0.15) is 6.10 Å². The average Bonchev–Trinajstić information content (AvgIpc) is 2.67. The van der Waals surface area contributed by atoms with Crippen molar-refractivity contribution in [2.75, 3.05) is 19.8 Å². The fourth-order valence-corrected chi connectivity index (χ4v) is 1.28. The molecule has 1 unspecified atom stereocenters. The molecule has 6 heteroatoms. The van der Waals surface area contributed by atoms with E-state index >= 15 is 0 Å². The van der Waals surface area contributed by atoms with Crippen LogP contribution in [0.25, 0.3) is 0 Å². The van der Waals surface area contributed by atoms with E-state index in [-0.39, 0.29) is 11.5 Å². The summed E-state index contributed by atoms with van der Waals surface area (Å²) in [5.74, 6) is -0.903. The summed E-state index contributed by atoms with van der Waals surface area (Å²) < 4.78 is 15.4. The monoisotopic (exact) mass is 199 g/mol. The highest BCUT2D eigenvalue weighted by atomic mass is 16.6. The molecule has 6 nitrogen and oxygen atoms in total. The van der Waals surface area contributed by atoms with Crippen molar-refractivity contribution in [1.82, 2.24) is 4.98 Å². The summed E-state index contributed by atoms with van der Waals surface area (Å²) in [4.78, 5) is 14.3. The van der Waals surface area contributed by atoms with Gasteiger partial charge in [-0.3, -0.25) is 0 Å². The molecule has 1 aromatic rings. The molecule has 0 radical (unpaired) electrons. The van der Waals surface area contributed by atoms with Crippen LogP contribution < -0.4 is 0 Å². The lowest BCUT2D eigenvalue weighted by atomic mass is 10.2. The number of hydrogen-bond acceptors (Lipinski definition) is 5. The zero-order chi connectivity index (χ0) is 9.97. The van der Waals surface area contributed by atoms with Gasteiger partial charge in [-0.05, 0) is 0 Å². The molecule has 0 spiro atoms. The Kier molecular flexibility index (Phi) is 2.47. The molecule has 1 fully saturated rings. The zero-order valence-electron chi connectivity index (χ0n) is 7.30. The summed E-state index contributed by atoms with van der Waals surface area (Å²) in [7, 11) is 0. The van der Waals surface area contributed by atoms with Crippen molar-refractivity contribution < 1.29 is 23.8 Å². The molecule has 0 aliphatic carbocycles. The number of ether oxygens (including phenoxy) is 2. The Labute approximate surface area is 79.4 Å². The van der Waals surface area contributed by atoms with Crippen LogP contribution in [0.15, 0.2) is 10.8 Å². The number of rotatable bonds is 2. The second-order valence-corrected chi connectivity index (χ2v) is 2.80. The van der Waals surface area contributed by atoms with Crippen LogP contribution in [0.5, 0.6) is 0 Å². The van der Waals surface area contributed by atoms with E-state index in [9.17, 15) is 4.79 Å². The van der Waals surface area contributed by atoms with E-state index in [0.29, 0.717) is 19.8 Å². The van der Waals surface area contributed by atoms with Gasteiger partial charge in [-0.15, -0.1) is 0 Å². The molecule has 1 aliphatic heterocycles.